The number of hydrogen-bond acceptors (Lipinski definition) is 10. The summed E-state index contributed by atoms with van der Waals surface area (Å²) in [6, 6.07) is 14.0. The maximum absolute atomic E-state index is 12.9. The lowest BCUT2D eigenvalue weighted by atomic mass is 9.90. The van der Waals surface area contributed by atoms with Crippen LogP contribution in [-0.4, -0.2) is 55.4 Å². The van der Waals surface area contributed by atoms with E-state index < -0.39 is 5.91 Å². The summed E-state index contributed by atoms with van der Waals surface area (Å²) in [7, 11) is 0. The highest BCUT2D eigenvalue weighted by molar-refractivity contribution is 5.94. The van der Waals surface area contributed by atoms with Crippen molar-refractivity contribution >= 4 is 17.9 Å². The first-order valence-electron chi connectivity index (χ1n) is 11.3. The van der Waals surface area contributed by atoms with Gasteiger partial charge < -0.3 is 10.2 Å². The number of amides is 1. The monoisotopic (exact) mass is 475 g/mol. The number of furan rings is 1. The number of nitrogens with two attached hydrogens (primary N) is 1. The third-order valence-electron chi connectivity index (χ3n) is 6.02. The molecule has 180 valence electrons. The molecule has 0 spiro atoms. The number of nitrogens with zero attached hydrogens (tertiary/aromatic N) is 7. The van der Waals surface area contributed by atoms with Gasteiger partial charge in [0.15, 0.2) is 5.69 Å². The van der Waals surface area contributed by atoms with Gasteiger partial charge in [0, 0.05) is 6.54 Å². The molecule has 0 aliphatic carbocycles. The Morgan fingerprint density at radius 1 is 1.17 bits per heavy atom. The van der Waals surface area contributed by atoms with Gasteiger partial charge in [0.25, 0.3) is 5.91 Å². The van der Waals surface area contributed by atoms with Crippen molar-refractivity contribution in [3.8, 4) is 5.82 Å². The van der Waals surface area contributed by atoms with Crippen LogP contribution in [-0.2, 0) is 13.0 Å². The van der Waals surface area contributed by atoms with Gasteiger partial charge >= 0.3 is 0 Å². The van der Waals surface area contributed by atoms with Gasteiger partial charge in [-0.15, -0.1) is 5.10 Å². The SMILES string of the molecule is Nc1nonc1-n1nnc(C(=O)NN=Cc2ccco2)c1CN1CCC(Cc2ccccc2)CC1. The molecule has 35 heavy (non-hydrogen) atoms. The largest absolute Gasteiger partial charge is 0.463 e. The fourth-order valence-corrected chi connectivity index (χ4v) is 4.21. The summed E-state index contributed by atoms with van der Waals surface area (Å²) in [6.45, 7) is 2.20. The van der Waals surface area contributed by atoms with E-state index in [0.29, 0.717) is 23.9 Å². The molecule has 4 heterocycles. The van der Waals surface area contributed by atoms with Gasteiger partial charge in [-0.05, 0) is 66.3 Å². The summed E-state index contributed by atoms with van der Waals surface area (Å²) in [5.74, 6) is 0.855. The zero-order valence-electron chi connectivity index (χ0n) is 18.9. The number of piperidine rings is 1. The van der Waals surface area contributed by atoms with Gasteiger partial charge in [-0.2, -0.15) is 9.78 Å². The topological polar surface area (TPSA) is 153 Å². The van der Waals surface area contributed by atoms with Crippen molar-refractivity contribution in [2.75, 3.05) is 18.8 Å². The van der Waals surface area contributed by atoms with Crippen LogP contribution in [0.15, 0.2) is 62.9 Å². The van der Waals surface area contributed by atoms with E-state index in [1.807, 2.05) is 6.07 Å². The Morgan fingerprint density at radius 3 is 2.71 bits per heavy atom. The fourth-order valence-electron chi connectivity index (χ4n) is 4.21. The Balaban J connectivity index is 1.30. The number of carbonyl (C=O) groups excluding carboxylic acids is 1. The lowest BCUT2D eigenvalue weighted by Gasteiger charge is -2.32. The molecule has 3 aromatic heterocycles. The summed E-state index contributed by atoms with van der Waals surface area (Å²) < 4.78 is 11.3. The second kappa shape index (κ2) is 10.3. The summed E-state index contributed by atoms with van der Waals surface area (Å²) >= 11 is 0. The zero-order valence-corrected chi connectivity index (χ0v) is 18.9. The first kappa shape index (κ1) is 22.5. The third kappa shape index (κ3) is 5.27. The van der Waals surface area contributed by atoms with Crippen LogP contribution in [0, 0.1) is 5.92 Å². The highest BCUT2D eigenvalue weighted by atomic mass is 16.6. The minimum Gasteiger partial charge on any atom is -0.463 e. The van der Waals surface area contributed by atoms with Gasteiger partial charge in [0.1, 0.15) is 5.76 Å². The molecule has 4 aromatic rings. The van der Waals surface area contributed by atoms with Crippen molar-refractivity contribution in [1.82, 2.24) is 35.6 Å². The van der Waals surface area contributed by atoms with Gasteiger partial charge in [-0.1, -0.05) is 35.5 Å². The Labute approximate surface area is 200 Å². The molecular formula is C23H25N9O3. The second-order valence-corrected chi connectivity index (χ2v) is 8.39. The molecule has 12 heteroatoms. The van der Waals surface area contributed by atoms with Gasteiger partial charge in [0.2, 0.25) is 11.6 Å². The smallest absolute Gasteiger partial charge is 0.293 e. The number of anilines is 1. The van der Waals surface area contributed by atoms with E-state index in [4.69, 9.17) is 14.8 Å². The number of likely N-dealkylation sites (tertiary alicyclic amines) is 1. The van der Waals surface area contributed by atoms with Crippen molar-refractivity contribution in [2.45, 2.75) is 25.8 Å². The van der Waals surface area contributed by atoms with Gasteiger partial charge in [0.05, 0.1) is 18.2 Å². The molecule has 1 aromatic carbocycles. The van der Waals surface area contributed by atoms with Crippen LogP contribution in [0.5, 0.6) is 0 Å². The van der Waals surface area contributed by atoms with Gasteiger partial charge in [-0.25, -0.2) is 10.1 Å². The molecule has 1 aliphatic rings. The molecule has 3 N–H and O–H groups in total. The number of rotatable bonds is 8. The van der Waals surface area contributed by atoms with Crippen LogP contribution in [0.2, 0.25) is 0 Å². The number of hydrogen-bond donors (Lipinski definition) is 2. The Hall–Kier alpha value is -4.32. The van der Waals surface area contributed by atoms with E-state index in [-0.39, 0.29) is 17.3 Å². The van der Waals surface area contributed by atoms with E-state index >= 15 is 0 Å². The summed E-state index contributed by atoms with van der Waals surface area (Å²) in [6.07, 6.45) is 6.10. The molecule has 1 saturated heterocycles. The van der Waals surface area contributed by atoms with Crippen LogP contribution in [0.4, 0.5) is 5.82 Å². The minimum atomic E-state index is -0.511. The van der Waals surface area contributed by atoms with Crippen molar-refractivity contribution in [2.24, 2.45) is 11.0 Å². The molecule has 0 unspecified atom stereocenters. The number of benzene rings is 1. The van der Waals surface area contributed by atoms with Crippen LogP contribution in [0.25, 0.3) is 5.82 Å². The first-order chi connectivity index (χ1) is 17.2. The Kier molecular flexibility index (Phi) is 6.61. The molecule has 1 fully saturated rings. The third-order valence-corrected chi connectivity index (χ3v) is 6.02. The second-order valence-electron chi connectivity index (χ2n) is 8.39. The number of nitrogen functional groups attached to an aromatic ring is 1. The normalized spacial score (nSPS) is 15.1. The van der Waals surface area contributed by atoms with Crippen molar-refractivity contribution in [1.29, 1.82) is 0 Å². The van der Waals surface area contributed by atoms with E-state index in [1.165, 1.54) is 22.7 Å². The van der Waals surface area contributed by atoms with Crippen molar-refractivity contribution < 1.29 is 13.8 Å². The van der Waals surface area contributed by atoms with Crippen LogP contribution in [0.3, 0.4) is 0 Å². The molecule has 1 aliphatic heterocycles. The predicted molar refractivity (Wildman–Crippen MR) is 126 cm³/mol. The van der Waals surface area contributed by atoms with Gasteiger partial charge in [-0.3, -0.25) is 9.69 Å². The number of carbonyl (C=O) groups is 1. The summed E-state index contributed by atoms with van der Waals surface area (Å²) in [5, 5.41) is 19.6. The molecule has 0 bridgehead atoms. The van der Waals surface area contributed by atoms with E-state index in [9.17, 15) is 4.79 Å². The zero-order chi connectivity index (χ0) is 24.0. The van der Waals surface area contributed by atoms with E-state index in [0.717, 1.165) is 32.4 Å². The molecule has 12 nitrogen and oxygen atoms in total. The summed E-state index contributed by atoms with van der Waals surface area (Å²) in [4.78, 5) is 15.1. The highest BCUT2D eigenvalue weighted by Crippen LogP contribution is 2.24. The number of nitrogens with one attached hydrogen (secondary N) is 1. The maximum Gasteiger partial charge on any atom is 0.293 e. The average molecular weight is 476 g/mol. The lowest BCUT2D eigenvalue weighted by molar-refractivity contribution is 0.0946. The molecule has 0 saturated carbocycles. The van der Waals surface area contributed by atoms with Crippen molar-refractivity contribution in [3.05, 3.63) is 71.4 Å². The van der Waals surface area contributed by atoms with Crippen LogP contribution < -0.4 is 11.2 Å². The quantitative estimate of drug-likeness (QED) is 0.288. The molecular weight excluding hydrogens is 450 g/mol. The Morgan fingerprint density at radius 2 is 2.00 bits per heavy atom. The predicted octanol–water partition coefficient (Wildman–Crippen LogP) is 2.04. The molecule has 1 amide bonds. The maximum atomic E-state index is 12.9. The molecule has 5 rings (SSSR count). The van der Waals surface area contributed by atoms with E-state index in [1.54, 1.807) is 12.1 Å². The van der Waals surface area contributed by atoms with E-state index in [2.05, 4.69) is 60.3 Å². The van der Waals surface area contributed by atoms with Crippen LogP contribution >= 0.6 is 0 Å². The molecule has 0 radical (unpaired) electrons. The fraction of sp³-hybridized carbons (Fsp3) is 0.304. The van der Waals surface area contributed by atoms with Crippen LogP contribution in [0.1, 0.15) is 40.3 Å². The standard InChI is InChI=1S/C23H25N9O3/c24-21-22(29-35-28-21)32-19(20(26-30-32)23(33)27-25-14-18-7-4-12-34-18)15-31-10-8-17(9-11-31)13-16-5-2-1-3-6-16/h1-7,12,14,17H,8-11,13,15H2,(H2,24,28)(H,27,33). The molecule has 0 atom stereocenters. The number of aromatic nitrogens is 5. The highest BCUT2D eigenvalue weighted by Gasteiger charge is 2.27. The lowest BCUT2D eigenvalue weighted by Crippen LogP contribution is -2.35. The summed E-state index contributed by atoms with van der Waals surface area (Å²) in [5.41, 5.74) is 10.4. The first-order valence-corrected chi connectivity index (χ1v) is 11.3. The Bertz CT molecular complexity index is 1270. The van der Waals surface area contributed by atoms with Crippen molar-refractivity contribution in [3.63, 3.8) is 0 Å². The number of hydrazone groups is 1. The average Bonchev–Trinajstić information content (AvgIpc) is 3.63. The minimum absolute atomic E-state index is 0.0560.